The van der Waals surface area contributed by atoms with Crippen molar-refractivity contribution in [2.45, 2.75) is 335 Å². The fourth-order valence-corrected chi connectivity index (χ4v) is 9.72. The highest BCUT2D eigenvalue weighted by atomic mass is 16.6. The summed E-state index contributed by atoms with van der Waals surface area (Å²) in [5.74, 6) is -0.994. The highest BCUT2D eigenvalue weighted by Crippen LogP contribution is 2.18. The van der Waals surface area contributed by atoms with E-state index in [9.17, 15) is 14.4 Å². The zero-order chi connectivity index (χ0) is 58.5. The van der Waals surface area contributed by atoms with E-state index >= 15 is 0 Å². The fourth-order valence-electron chi connectivity index (χ4n) is 9.72. The summed E-state index contributed by atoms with van der Waals surface area (Å²) in [6.45, 7) is 6.39. The normalized spacial score (nSPS) is 12.8. The van der Waals surface area contributed by atoms with Gasteiger partial charge < -0.3 is 14.2 Å². The largest absolute Gasteiger partial charge is 0.462 e. The van der Waals surface area contributed by atoms with Gasteiger partial charge in [0.1, 0.15) is 13.2 Å². The highest BCUT2D eigenvalue weighted by Gasteiger charge is 2.19. The van der Waals surface area contributed by atoms with Crippen molar-refractivity contribution >= 4 is 17.9 Å². The number of carbonyl (C=O) groups is 3. The minimum absolute atomic E-state index is 0.110. The Morgan fingerprint density at radius 1 is 0.259 bits per heavy atom. The summed E-state index contributed by atoms with van der Waals surface area (Å²) in [5, 5.41) is 0. The molecule has 6 nitrogen and oxygen atoms in total. The van der Waals surface area contributed by atoms with E-state index in [-0.39, 0.29) is 31.6 Å². The third kappa shape index (κ3) is 66.8. The molecule has 0 spiro atoms. The van der Waals surface area contributed by atoms with E-state index in [0.29, 0.717) is 19.3 Å². The molecule has 0 radical (unpaired) electrons. The van der Waals surface area contributed by atoms with Gasteiger partial charge >= 0.3 is 17.9 Å². The van der Waals surface area contributed by atoms with Crippen LogP contribution >= 0.6 is 0 Å². The Hall–Kier alpha value is -3.93. The molecule has 0 saturated carbocycles. The molecular formula is C75H128O6. The molecular weight excluding hydrogens is 997 g/mol. The smallest absolute Gasteiger partial charge is 0.306 e. The van der Waals surface area contributed by atoms with Gasteiger partial charge in [0.2, 0.25) is 0 Å². The van der Waals surface area contributed by atoms with Crippen LogP contribution in [0, 0.1) is 0 Å². The van der Waals surface area contributed by atoms with E-state index in [1.807, 2.05) is 6.08 Å². The van der Waals surface area contributed by atoms with E-state index < -0.39 is 12.1 Å². The zero-order valence-electron chi connectivity index (χ0n) is 53.3. The lowest BCUT2D eigenvalue weighted by atomic mass is 10.0. The van der Waals surface area contributed by atoms with Gasteiger partial charge in [-0.25, -0.2) is 0 Å². The van der Waals surface area contributed by atoms with Gasteiger partial charge in [-0.2, -0.15) is 0 Å². The lowest BCUT2D eigenvalue weighted by molar-refractivity contribution is -0.166. The number of hydrogen-bond acceptors (Lipinski definition) is 6. The van der Waals surface area contributed by atoms with E-state index in [1.165, 1.54) is 180 Å². The summed E-state index contributed by atoms with van der Waals surface area (Å²) < 4.78 is 16.9. The Bertz CT molecular complexity index is 1620. The third-order valence-electron chi connectivity index (χ3n) is 14.8. The Morgan fingerprint density at radius 3 is 0.802 bits per heavy atom. The molecule has 0 N–H and O–H groups in total. The number of hydrogen-bond donors (Lipinski definition) is 0. The topological polar surface area (TPSA) is 78.9 Å². The van der Waals surface area contributed by atoms with Gasteiger partial charge in [-0.15, -0.1) is 0 Å². The summed E-state index contributed by atoms with van der Waals surface area (Å²) in [5.41, 5.74) is 0. The van der Waals surface area contributed by atoms with Gasteiger partial charge in [0, 0.05) is 19.3 Å². The number of rotatable bonds is 62. The van der Waals surface area contributed by atoms with Gasteiger partial charge in [0.15, 0.2) is 6.10 Å². The molecule has 0 aromatic carbocycles. The first-order valence-electron chi connectivity index (χ1n) is 34.4. The minimum atomic E-state index is -0.825. The molecule has 1 unspecified atom stereocenters. The lowest BCUT2D eigenvalue weighted by Gasteiger charge is -2.18. The Kier molecular flexibility index (Phi) is 65.2. The van der Waals surface area contributed by atoms with Crippen LogP contribution in [0.25, 0.3) is 0 Å². The lowest BCUT2D eigenvalue weighted by Crippen LogP contribution is -2.30. The molecule has 0 bridgehead atoms. The molecule has 81 heavy (non-hydrogen) atoms. The second-order valence-corrected chi connectivity index (χ2v) is 22.7. The minimum Gasteiger partial charge on any atom is -0.462 e. The van der Waals surface area contributed by atoms with Crippen LogP contribution in [0.2, 0.25) is 0 Å². The monoisotopic (exact) mass is 1120 g/mol. The van der Waals surface area contributed by atoms with Crippen LogP contribution in [0.5, 0.6) is 0 Å². The van der Waals surface area contributed by atoms with Crippen molar-refractivity contribution in [1.82, 2.24) is 0 Å². The zero-order valence-corrected chi connectivity index (χ0v) is 53.3. The Morgan fingerprint density at radius 2 is 0.506 bits per heavy atom. The summed E-state index contributed by atoms with van der Waals surface area (Å²) in [7, 11) is 0. The van der Waals surface area contributed by atoms with Gasteiger partial charge in [0.05, 0.1) is 0 Å². The average molecular weight is 1130 g/mol. The first-order chi connectivity index (χ1) is 40.0. The first-order valence-corrected chi connectivity index (χ1v) is 34.4. The summed E-state index contributed by atoms with van der Waals surface area (Å²) in [6, 6.07) is 0. The average Bonchev–Trinajstić information content (AvgIpc) is 3.47. The summed E-state index contributed by atoms with van der Waals surface area (Å²) in [4.78, 5) is 38.4. The van der Waals surface area contributed by atoms with Crippen molar-refractivity contribution in [3.05, 3.63) is 109 Å². The molecule has 1 atom stereocenters. The second-order valence-electron chi connectivity index (χ2n) is 22.7. The van der Waals surface area contributed by atoms with Crippen molar-refractivity contribution in [3.8, 4) is 0 Å². The predicted molar refractivity (Wildman–Crippen MR) is 353 cm³/mol. The summed E-state index contributed by atoms with van der Waals surface area (Å²) >= 11 is 0. The van der Waals surface area contributed by atoms with Gasteiger partial charge in [-0.05, 0) is 89.9 Å². The molecule has 0 amide bonds. The van der Waals surface area contributed by atoms with E-state index in [4.69, 9.17) is 14.2 Å². The SMILES string of the molecule is CC/C=C\C/C=C\C/C=C\C/C=C\C/C=C\C/C=C\CCC(=O)OC(COC(=O)CCCCCCCCC/C=C\C/C=C\C/C=C\CC)COC(=O)CCCCCCCCCCCCCCCCCCCCCCCCCCCCC. The number of ether oxygens (including phenoxy) is 3. The number of unbranched alkanes of at least 4 members (excludes halogenated alkanes) is 33. The molecule has 6 heteroatoms. The number of esters is 3. The maximum atomic E-state index is 12.9. The van der Waals surface area contributed by atoms with E-state index in [1.54, 1.807) is 0 Å². The second kappa shape index (κ2) is 68.6. The van der Waals surface area contributed by atoms with Crippen molar-refractivity contribution in [1.29, 1.82) is 0 Å². The van der Waals surface area contributed by atoms with Crippen molar-refractivity contribution in [2.75, 3.05) is 13.2 Å². The third-order valence-corrected chi connectivity index (χ3v) is 14.8. The molecule has 464 valence electrons. The molecule has 0 rings (SSSR count). The van der Waals surface area contributed by atoms with Crippen LogP contribution in [-0.2, 0) is 28.6 Å². The van der Waals surface area contributed by atoms with Crippen LogP contribution in [0.3, 0.4) is 0 Å². The standard InChI is InChI=1S/C75H128O6/c1-4-7-10-13-16-19-22-25-28-31-33-34-35-36-37-38-39-40-42-44-47-50-53-56-59-62-65-68-74(77)80-71-72(70-79-73(76)67-64-61-58-55-52-49-46-43-30-27-24-21-18-15-12-9-6-3)81-75(78)69-66-63-60-57-54-51-48-45-41-32-29-26-23-20-17-14-11-8-5-2/h8-9,11-12,17-18,20-21,26-27,29-30,41,45,51,54,60,63,72H,4-7,10,13-16,19,22-25,28,31-40,42-44,46-50,52-53,55-59,61-62,64-71H2,1-3H3/b11-8-,12-9-,20-17-,21-18-,29-26-,30-27-,45-41-,54-51-,63-60-. The molecule has 0 fully saturated rings. The quantitative estimate of drug-likeness (QED) is 0.0261. The van der Waals surface area contributed by atoms with E-state index in [0.717, 1.165) is 103 Å². The van der Waals surface area contributed by atoms with Crippen molar-refractivity contribution in [3.63, 3.8) is 0 Å². The van der Waals surface area contributed by atoms with Crippen LogP contribution in [0.4, 0.5) is 0 Å². The summed E-state index contributed by atoms with van der Waals surface area (Å²) in [6.07, 6.45) is 94.2. The van der Waals surface area contributed by atoms with Crippen LogP contribution < -0.4 is 0 Å². The molecule has 0 heterocycles. The molecule has 0 aromatic rings. The maximum Gasteiger partial charge on any atom is 0.306 e. The van der Waals surface area contributed by atoms with Gasteiger partial charge in [-0.3, -0.25) is 14.4 Å². The van der Waals surface area contributed by atoms with Crippen LogP contribution in [0.1, 0.15) is 329 Å². The maximum absolute atomic E-state index is 12.9. The molecule has 0 aromatic heterocycles. The highest BCUT2D eigenvalue weighted by molar-refractivity contribution is 5.71. The first kappa shape index (κ1) is 77.1. The predicted octanol–water partition coefficient (Wildman–Crippen LogP) is 23.8. The molecule has 0 aliphatic heterocycles. The number of allylic oxidation sites excluding steroid dienone is 18. The van der Waals surface area contributed by atoms with E-state index in [2.05, 4.69) is 124 Å². The van der Waals surface area contributed by atoms with Crippen LogP contribution in [0.15, 0.2) is 109 Å². The van der Waals surface area contributed by atoms with Gasteiger partial charge in [-0.1, -0.05) is 329 Å². The van der Waals surface area contributed by atoms with Crippen molar-refractivity contribution in [2.24, 2.45) is 0 Å². The Labute approximate surface area is 501 Å². The molecule has 0 saturated heterocycles. The Balaban J connectivity index is 4.38. The van der Waals surface area contributed by atoms with Crippen LogP contribution in [-0.4, -0.2) is 37.2 Å². The molecule has 0 aliphatic carbocycles. The van der Waals surface area contributed by atoms with Crippen molar-refractivity contribution < 1.29 is 28.6 Å². The fraction of sp³-hybridized carbons (Fsp3) is 0.720. The number of carbonyl (C=O) groups excluding carboxylic acids is 3. The van der Waals surface area contributed by atoms with Gasteiger partial charge in [0.25, 0.3) is 0 Å². The molecule has 0 aliphatic rings.